The Morgan fingerprint density at radius 1 is 1.38 bits per heavy atom. The number of halogens is 4. The number of nitrogens with one attached hydrogen (secondary N) is 1. The van der Waals surface area contributed by atoms with Gasteiger partial charge < -0.3 is 9.88 Å². The van der Waals surface area contributed by atoms with Crippen molar-refractivity contribution in [3.63, 3.8) is 0 Å². The average Bonchev–Trinajstić information content (AvgIpc) is 3.32. The second-order valence-electron chi connectivity index (χ2n) is 6.07. The lowest BCUT2D eigenvalue weighted by Gasteiger charge is -2.16. The van der Waals surface area contributed by atoms with Crippen LogP contribution in [0.15, 0.2) is 23.4 Å². The number of anilines is 1. The first-order chi connectivity index (χ1) is 12.2. The standard InChI is InChI=1S/C16H16ClF3N4OS/c1-8(26-15-23-22-9(2)24(15)11-4-5-11)14(25)21-13-6-3-10(17)7-12(13)16(18,19)20/h3,6-8,11H,4-5H2,1-2H3,(H,21,25)/t8-/m1/s1. The Kier molecular flexibility index (Phi) is 5.21. The normalized spacial score (nSPS) is 15.8. The Morgan fingerprint density at radius 2 is 2.08 bits per heavy atom. The van der Waals surface area contributed by atoms with E-state index in [1.165, 1.54) is 17.8 Å². The first-order valence-corrected chi connectivity index (χ1v) is 9.18. The molecule has 1 fully saturated rings. The Balaban J connectivity index is 1.74. The molecular weight excluding hydrogens is 389 g/mol. The quantitative estimate of drug-likeness (QED) is 0.733. The van der Waals surface area contributed by atoms with Gasteiger partial charge in [-0.15, -0.1) is 10.2 Å². The van der Waals surface area contributed by atoms with Crippen molar-refractivity contribution in [3.05, 3.63) is 34.6 Å². The topological polar surface area (TPSA) is 59.8 Å². The Labute approximate surface area is 157 Å². The van der Waals surface area contributed by atoms with Gasteiger partial charge in [-0.1, -0.05) is 23.4 Å². The summed E-state index contributed by atoms with van der Waals surface area (Å²) >= 11 is 6.82. The highest BCUT2D eigenvalue weighted by Crippen LogP contribution is 2.40. The Bertz CT molecular complexity index is 835. The second kappa shape index (κ2) is 7.11. The Morgan fingerprint density at radius 3 is 2.69 bits per heavy atom. The van der Waals surface area contributed by atoms with Gasteiger partial charge in [-0.2, -0.15) is 13.2 Å². The van der Waals surface area contributed by atoms with Crippen molar-refractivity contribution in [1.29, 1.82) is 0 Å². The fourth-order valence-electron chi connectivity index (χ4n) is 2.49. The van der Waals surface area contributed by atoms with Crippen LogP contribution < -0.4 is 5.32 Å². The summed E-state index contributed by atoms with van der Waals surface area (Å²) in [6.45, 7) is 3.45. The van der Waals surface area contributed by atoms with E-state index in [4.69, 9.17) is 11.6 Å². The number of thioether (sulfide) groups is 1. The summed E-state index contributed by atoms with van der Waals surface area (Å²) in [5, 5.41) is 10.3. The monoisotopic (exact) mass is 404 g/mol. The van der Waals surface area contributed by atoms with Gasteiger partial charge in [0, 0.05) is 11.1 Å². The molecule has 1 atom stereocenters. The van der Waals surface area contributed by atoms with E-state index in [1.54, 1.807) is 6.92 Å². The van der Waals surface area contributed by atoms with Crippen LogP contribution in [0.2, 0.25) is 5.02 Å². The van der Waals surface area contributed by atoms with Crippen LogP contribution in [0, 0.1) is 6.92 Å². The summed E-state index contributed by atoms with van der Waals surface area (Å²) in [4.78, 5) is 12.4. The van der Waals surface area contributed by atoms with E-state index in [0.717, 1.165) is 30.8 Å². The third kappa shape index (κ3) is 4.15. The maximum atomic E-state index is 13.1. The number of nitrogens with zero attached hydrogens (tertiary/aromatic N) is 3. The Hall–Kier alpha value is -1.74. The van der Waals surface area contributed by atoms with Crippen LogP contribution in [0.5, 0.6) is 0 Å². The summed E-state index contributed by atoms with van der Waals surface area (Å²) in [5.74, 6) is 0.213. The minimum atomic E-state index is -4.62. The van der Waals surface area contributed by atoms with E-state index in [-0.39, 0.29) is 10.7 Å². The molecule has 0 bridgehead atoms. The maximum absolute atomic E-state index is 13.1. The molecule has 1 heterocycles. The molecule has 26 heavy (non-hydrogen) atoms. The fourth-order valence-corrected chi connectivity index (χ4v) is 3.63. The van der Waals surface area contributed by atoms with Gasteiger partial charge in [0.15, 0.2) is 5.16 Å². The van der Waals surface area contributed by atoms with E-state index in [9.17, 15) is 18.0 Å². The van der Waals surface area contributed by atoms with Gasteiger partial charge >= 0.3 is 6.18 Å². The highest BCUT2D eigenvalue weighted by Gasteiger charge is 2.35. The summed E-state index contributed by atoms with van der Waals surface area (Å²) in [7, 11) is 0. The molecule has 0 spiro atoms. The fraction of sp³-hybridized carbons (Fsp3) is 0.438. The molecule has 3 rings (SSSR count). The van der Waals surface area contributed by atoms with Gasteiger partial charge in [0.05, 0.1) is 16.5 Å². The summed E-state index contributed by atoms with van der Waals surface area (Å²) < 4.78 is 41.4. The zero-order chi connectivity index (χ0) is 19.1. The number of amides is 1. The highest BCUT2D eigenvalue weighted by molar-refractivity contribution is 8.00. The molecule has 2 aromatic rings. The molecular formula is C16H16ClF3N4OS. The van der Waals surface area contributed by atoms with Gasteiger partial charge in [-0.3, -0.25) is 4.79 Å². The number of hydrogen-bond donors (Lipinski definition) is 1. The number of hydrogen-bond acceptors (Lipinski definition) is 4. The molecule has 0 aliphatic heterocycles. The van der Waals surface area contributed by atoms with Crippen LogP contribution in [0.25, 0.3) is 0 Å². The SMILES string of the molecule is Cc1nnc(S[C@H](C)C(=O)Nc2ccc(Cl)cc2C(F)(F)F)n1C1CC1. The maximum Gasteiger partial charge on any atom is 0.418 e. The van der Waals surface area contributed by atoms with E-state index in [2.05, 4.69) is 15.5 Å². The number of aromatic nitrogens is 3. The van der Waals surface area contributed by atoms with Crippen molar-refractivity contribution in [3.8, 4) is 0 Å². The van der Waals surface area contributed by atoms with Crippen LogP contribution in [0.3, 0.4) is 0 Å². The predicted molar refractivity (Wildman–Crippen MR) is 93.4 cm³/mol. The number of aryl methyl sites for hydroxylation is 1. The van der Waals surface area contributed by atoms with E-state index in [0.29, 0.717) is 11.2 Å². The molecule has 1 amide bonds. The van der Waals surface area contributed by atoms with Gasteiger partial charge in [0.1, 0.15) is 5.82 Å². The van der Waals surface area contributed by atoms with Gasteiger partial charge in [0.2, 0.25) is 5.91 Å². The van der Waals surface area contributed by atoms with Gasteiger partial charge in [0.25, 0.3) is 0 Å². The lowest BCUT2D eigenvalue weighted by Crippen LogP contribution is -2.24. The van der Waals surface area contributed by atoms with Crippen molar-refractivity contribution in [2.75, 3.05) is 5.32 Å². The zero-order valence-corrected chi connectivity index (χ0v) is 15.5. The molecule has 0 unspecified atom stereocenters. The lowest BCUT2D eigenvalue weighted by atomic mass is 10.1. The minimum Gasteiger partial charge on any atom is -0.325 e. The summed E-state index contributed by atoms with van der Waals surface area (Å²) in [6.07, 6.45) is -2.55. The average molecular weight is 405 g/mol. The lowest BCUT2D eigenvalue weighted by molar-refractivity contribution is -0.137. The smallest absolute Gasteiger partial charge is 0.325 e. The zero-order valence-electron chi connectivity index (χ0n) is 14.0. The summed E-state index contributed by atoms with van der Waals surface area (Å²) in [5.41, 5.74) is -1.30. The molecule has 1 saturated carbocycles. The first-order valence-electron chi connectivity index (χ1n) is 7.92. The first kappa shape index (κ1) is 19.0. The van der Waals surface area contributed by atoms with Crippen LogP contribution in [-0.2, 0) is 11.0 Å². The van der Waals surface area contributed by atoms with Crippen LogP contribution >= 0.6 is 23.4 Å². The number of rotatable bonds is 5. The van der Waals surface area contributed by atoms with Crippen molar-refractivity contribution < 1.29 is 18.0 Å². The predicted octanol–water partition coefficient (Wildman–Crippen LogP) is 4.71. The molecule has 1 aliphatic carbocycles. The molecule has 1 aromatic heterocycles. The molecule has 0 saturated heterocycles. The second-order valence-corrected chi connectivity index (χ2v) is 7.81. The molecule has 1 aliphatic rings. The van der Waals surface area contributed by atoms with Crippen LogP contribution in [0.4, 0.5) is 18.9 Å². The largest absolute Gasteiger partial charge is 0.418 e. The highest BCUT2D eigenvalue weighted by atomic mass is 35.5. The molecule has 5 nitrogen and oxygen atoms in total. The number of benzene rings is 1. The molecule has 1 N–H and O–H groups in total. The van der Waals surface area contributed by atoms with Crippen molar-refractivity contribution in [2.24, 2.45) is 0 Å². The van der Waals surface area contributed by atoms with Crippen molar-refractivity contribution in [2.45, 2.75) is 49.3 Å². The van der Waals surface area contributed by atoms with E-state index < -0.39 is 22.9 Å². The number of alkyl halides is 3. The summed E-state index contributed by atoms with van der Waals surface area (Å²) in [6, 6.07) is 3.59. The number of carbonyl (C=O) groups is 1. The molecule has 0 radical (unpaired) electrons. The van der Waals surface area contributed by atoms with Crippen LogP contribution in [-0.4, -0.2) is 25.9 Å². The van der Waals surface area contributed by atoms with Crippen molar-refractivity contribution >= 4 is 35.0 Å². The molecule has 10 heteroatoms. The van der Waals surface area contributed by atoms with Crippen LogP contribution in [0.1, 0.15) is 37.2 Å². The molecule has 140 valence electrons. The van der Waals surface area contributed by atoms with E-state index in [1.807, 2.05) is 11.5 Å². The van der Waals surface area contributed by atoms with Gasteiger partial charge in [-0.05, 0) is 44.9 Å². The van der Waals surface area contributed by atoms with Crippen molar-refractivity contribution in [1.82, 2.24) is 14.8 Å². The minimum absolute atomic E-state index is 0.0502. The third-order valence-electron chi connectivity index (χ3n) is 3.94. The molecule has 1 aromatic carbocycles. The van der Waals surface area contributed by atoms with Gasteiger partial charge in [-0.25, -0.2) is 0 Å². The third-order valence-corrected chi connectivity index (χ3v) is 5.24. The number of carbonyl (C=O) groups excluding carboxylic acids is 1. The van der Waals surface area contributed by atoms with E-state index >= 15 is 0 Å².